The smallest absolute Gasteiger partial charge is 0.270 e. The van der Waals surface area contributed by atoms with Crippen LogP contribution in [0.4, 0.5) is 5.69 Å². The van der Waals surface area contributed by atoms with Gasteiger partial charge in [-0.1, -0.05) is 30.3 Å². The Morgan fingerprint density at radius 3 is 2.65 bits per heavy atom. The molecule has 6 nitrogen and oxygen atoms in total. The van der Waals surface area contributed by atoms with E-state index in [2.05, 4.69) is 5.32 Å². The summed E-state index contributed by atoms with van der Waals surface area (Å²) >= 11 is 0. The number of nitrogens with zero attached hydrogens (tertiary/aromatic N) is 2. The van der Waals surface area contributed by atoms with Crippen LogP contribution < -0.4 is 5.32 Å². The molecule has 0 atom stereocenters. The summed E-state index contributed by atoms with van der Waals surface area (Å²) in [6.45, 7) is 0.642. The van der Waals surface area contributed by atoms with Gasteiger partial charge in [0.15, 0.2) is 0 Å². The fourth-order valence-electron chi connectivity index (χ4n) is 3.10. The molecule has 1 aliphatic heterocycles. The average Bonchev–Trinajstić information content (AvgIpc) is 2.87. The Morgan fingerprint density at radius 1 is 1.13 bits per heavy atom. The van der Waals surface area contributed by atoms with Gasteiger partial charge >= 0.3 is 0 Å². The van der Waals surface area contributed by atoms with Crippen LogP contribution >= 0.6 is 0 Å². The van der Waals surface area contributed by atoms with Crippen LogP contribution in [0.25, 0.3) is 22.0 Å². The highest BCUT2D eigenvalue weighted by molar-refractivity contribution is 6.05. The van der Waals surface area contributed by atoms with Gasteiger partial charge in [0.05, 0.1) is 17.0 Å². The van der Waals surface area contributed by atoms with E-state index in [-0.39, 0.29) is 18.1 Å². The minimum Gasteiger partial charge on any atom is -0.304 e. The van der Waals surface area contributed by atoms with Crippen LogP contribution in [0.3, 0.4) is 0 Å². The van der Waals surface area contributed by atoms with Gasteiger partial charge in [-0.2, -0.15) is 0 Å². The lowest BCUT2D eigenvalue weighted by molar-refractivity contribution is -0.384. The van der Waals surface area contributed by atoms with Crippen molar-refractivity contribution in [1.82, 2.24) is 9.88 Å². The minimum absolute atomic E-state index is 0.0404. The van der Waals surface area contributed by atoms with Gasteiger partial charge in [0.1, 0.15) is 0 Å². The summed E-state index contributed by atoms with van der Waals surface area (Å²) in [4.78, 5) is 23.2. The lowest BCUT2D eigenvalue weighted by Crippen LogP contribution is -2.23. The molecule has 1 aromatic heterocycles. The number of hydrogen-bond acceptors (Lipinski definition) is 4. The van der Waals surface area contributed by atoms with Crippen molar-refractivity contribution in [3.63, 3.8) is 0 Å². The molecule has 1 aliphatic rings. The van der Waals surface area contributed by atoms with E-state index in [0.29, 0.717) is 6.54 Å². The molecule has 0 bridgehead atoms. The van der Waals surface area contributed by atoms with E-state index in [9.17, 15) is 14.9 Å². The quantitative estimate of drug-likeness (QED) is 0.583. The topological polar surface area (TPSA) is 77.2 Å². The zero-order valence-electron chi connectivity index (χ0n) is 12.2. The van der Waals surface area contributed by atoms with E-state index >= 15 is 0 Å². The predicted octanol–water partition coefficient (Wildman–Crippen LogP) is 2.96. The highest BCUT2D eigenvalue weighted by Crippen LogP contribution is 2.36. The highest BCUT2D eigenvalue weighted by Gasteiger charge is 2.23. The number of carbonyl (C=O) groups excluding carboxylic acids is 1. The van der Waals surface area contributed by atoms with Crippen molar-refractivity contribution in [3.8, 4) is 11.1 Å². The largest absolute Gasteiger partial charge is 0.304 e. The van der Waals surface area contributed by atoms with Crippen molar-refractivity contribution in [3.05, 3.63) is 64.3 Å². The summed E-state index contributed by atoms with van der Waals surface area (Å²) in [5.74, 6) is -0.0650. The molecule has 0 aliphatic carbocycles. The molecule has 6 heteroatoms. The molecule has 0 unspecified atom stereocenters. The molecule has 3 aromatic rings. The first-order valence-electron chi connectivity index (χ1n) is 7.27. The van der Waals surface area contributed by atoms with E-state index < -0.39 is 4.92 Å². The number of non-ortho nitro benzene ring substituents is 1. The Balaban J connectivity index is 2.10. The molecule has 23 heavy (non-hydrogen) atoms. The average molecular weight is 307 g/mol. The number of rotatable bonds is 2. The molecule has 0 amide bonds. The van der Waals surface area contributed by atoms with Crippen LogP contribution in [0, 0.1) is 10.1 Å². The standard InChI is InChI=1S/C17H13N3O3/c21-16-9-18-8-12-6-13(20(22)23)7-14-15(10-19(16)17(12)14)11-4-2-1-3-5-11/h1-7,10,18H,8-9H2. The Labute approximate surface area is 131 Å². The number of hydrogen-bond donors (Lipinski definition) is 1. The van der Waals surface area contributed by atoms with Crippen LogP contribution in [-0.2, 0) is 6.54 Å². The maximum absolute atomic E-state index is 12.3. The van der Waals surface area contributed by atoms with Gasteiger partial charge in [0, 0.05) is 35.8 Å². The summed E-state index contributed by atoms with van der Waals surface area (Å²) in [5.41, 5.74) is 3.33. The molecular formula is C17H13N3O3. The second-order valence-electron chi connectivity index (χ2n) is 5.53. The second kappa shape index (κ2) is 5.03. The van der Waals surface area contributed by atoms with E-state index in [1.807, 2.05) is 30.3 Å². The normalized spacial score (nSPS) is 14.0. The Morgan fingerprint density at radius 2 is 1.91 bits per heavy atom. The van der Waals surface area contributed by atoms with Crippen molar-refractivity contribution < 1.29 is 9.72 Å². The van der Waals surface area contributed by atoms with Gasteiger partial charge in [0.25, 0.3) is 5.69 Å². The molecular weight excluding hydrogens is 294 g/mol. The molecule has 0 saturated heterocycles. The van der Waals surface area contributed by atoms with Gasteiger partial charge < -0.3 is 5.32 Å². The highest BCUT2D eigenvalue weighted by atomic mass is 16.6. The van der Waals surface area contributed by atoms with E-state index in [1.165, 1.54) is 0 Å². The van der Waals surface area contributed by atoms with Crippen LogP contribution in [0.5, 0.6) is 0 Å². The number of carbonyl (C=O) groups is 1. The summed E-state index contributed by atoms with van der Waals surface area (Å²) < 4.78 is 1.61. The molecule has 2 aromatic carbocycles. The molecule has 0 saturated carbocycles. The Hall–Kier alpha value is -2.99. The number of nitrogens with one attached hydrogen (secondary N) is 1. The first kappa shape index (κ1) is 13.7. The van der Waals surface area contributed by atoms with Crippen LogP contribution in [-0.4, -0.2) is 21.9 Å². The predicted molar refractivity (Wildman–Crippen MR) is 86.4 cm³/mol. The van der Waals surface area contributed by atoms with E-state index in [1.54, 1.807) is 22.9 Å². The maximum atomic E-state index is 12.3. The first-order chi connectivity index (χ1) is 11.1. The van der Waals surface area contributed by atoms with Gasteiger partial charge in [-0.05, 0) is 11.1 Å². The molecule has 0 fully saturated rings. The molecule has 2 heterocycles. The fourth-order valence-corrected chi connectivity index (χ4v) is 3.10. The summed E-state index contributed by atoms with van der Waals surface area (Å²) in [6, 6.07) is 12.7. The third kappa shape index (κ3) is 2.11. The molecule has 4 rings (SSSR count). The number of nitro groups is 1. The van der Waals surface area contributed by atoms with Gasteiger partial charge in [0.2, 0.25) is 5.91 Å². The monoisotopic (exact) mass is 307 g/mol. The van der Waals surface area contributed by atoms with Crippen molar-refractivity contribution in [1.29, 1.82) is 0 Å². The minimum atomic E-state index is -0.394. The maximum Gasteiger partial charge on any atom is 0.270 e. The lowest BCUT2D eigenvalue weighted by Gasteiger charge is -2.04. The SMILES string of the molecule is O=C1CNCc2cc([N+](=O)[O-])cc3c(-c4ccccc4)cn1c23. The second-order valence-corrected chi connectivity index (χ2v) is 5.53. The van der Waals surface area contributed by atoms with Crippen LogP contribution in [0.1, 0.15) is 10.4 Å². The number of aromatic nitrogens is 1. The van der Waals surface area contributed by atoms with Crippen LogP contribution in [0.2, 0.25) is 0 Å². The summed E-state index contributed by atoms with van der Waals surface area (Å²) in [7, 11) is 0. The number of benzene rings is 2. The summed E-state index contributed by atoms with van der Waals surface area (Å²) in [6.07, 6.45) is 1.78. The van der Waals surface area contributed by atoms with Crippen molar-refractivity contribution in [2.45, 2.75) is 6.54 Å². The van der Waals surface area contributed by atoms with Crippen molar-refractivity contribution in [2.24, 2.45) is 0 Å². The van der Waals surface area contributed by atoms with Gasteiger partial charge in [-0.25, -0.2) is 0 Å². The zero-order valence-corrected chi connectivity index (χ0v) is 12.2. The third-order valence-corrected chi connectivity index (χ3v) is 4.12. The van der Waals surface area contributed by atoms with Gasteiger partial charge in [-0.15, -0.1) is 0 Å². The van der Waals surface area contributed by atoms with Gasteiger partial charge in [-0.3, -0.25) is 19.5 Å². The molecule has 0 radical (unpaired) electrons. The third-order valence-electron chi connectivity index (χ3n) is 4.12. The first-order valence-corrected chi connectivity index (χ1v) is 7.27. The van der Waals surface area contributed by atoms with E-state index in [0.717, 1.165) is 27.6 Å². The Kier molecular flexibility index (Phi) is 2.99. The summed E-state index contributed by atoms with van der Waals surface area (Å²) in [5, 5.41) is 15.0. The number of nitro benzene ring substituents is 1. The molecule has 114 valence electrons. The zero-order chi connectivity index (χ0) is 16.0. The van der Waals surface area contributed by atoms with Crippen LogP contribution in [0.15, 0.2) is 48.7 Å². The fraction of sp³-hybridized carbons (Fsp3) is 0.118. The molecule has 0 spiro atoms. The molecule has 1 N–H and O–H groups in total. The Bertz CT molecular complexity index is 945. The van der Waals surface area contributed by atoms with Crippen molar-refractivity contribution >= 4 is 22.5 Å². The van der Waals surface area contributed by atoms with E-state index in [4.69, 9.17) is 0 Å². The lowest BCUT2D eigenvalue weighted by atomic mass is 10.0. The van der Waals surface area contributed by atoms with Crippen molar-refractivity contribution in [2.75, 3.05) is 6.54 Å².